The normalized spacial score (nSPS) is 12.2. The van der Waals surface area contributed by atoms with Crippen molar-refractivity contribution < 1.29 is 9.47 Å². The van der Waals surface area contributed by atoms with Gasteiger partial charge in [-0.15, -0.1) is 11.3 Å². The molecule has 1 atom stereocenters. The Labute approximate surface area is 124 Å². The van der Waals surface area contributed by atoms with Gasteiger partial charge in [0.1, 0.15) is 11.5 Å². The molecule has 0 bridgehead atoms. The lowest BCUT2D eigenvalue weighted by Gasteiger charge is -2.17. The van der Waals surface area contributed by atoms with Crippen LogP contribution in [0.4, 0.5) is 0 Å². The van der Waals surface area contributed by atoms with E-state index >= 15 is 0 Å². The molecule has 0 spiro atoms. The second kappa shape index (κ2) is 7.31. The molecule has 3 nitrogen and oxygen atoms in total. The first-order valence-electron chi connectivity index (χ1n) is 6.87. The maximum absolute atomic E-state index is 5.49. The summed E-state index contributed by atoms with van der Waals surface area (Å²) in [6.07, 6.45) is 0. The SMILES string of the molecule is CCNC(c1ccc(OCC)cc1)c1cc(OC)cs1. The molecule has 1 aromatic heterocycles. The minimum Gasteiger partial charge on any atom is -0.496 e. The lowest BCUT2D eigenvalue weighted by atomic mass is 10.1. The Hall–Kier alpha value is -1.52. The van der Waals surface area contributed by atoms with Crippen LogP contribution < -0.4 is 14.8 Å². The Morgan fingerprint density at radius 3 is 2.45 bits per heavy atom. The van der Waals surface area contributed by atoms with Gasteiger partial charge in [0, 0.05) is 10.3 Å². The predicted octanol–water partition coefficient (Wildman–Crippen LogP) is 3.85. The summed E-state index contributed by atoms with van der Waals surface area (Å²) in [6.45, 7) is 5.72. The van der Waals surface area contributed by atoms with Gasteiger partial charge < -0.3 is 14.8 Å². The largest absolute Gasteiger partial charge is 0.496 e. The second-order valence-corrected chi connectivity index (χ2v) is 5.32. The minimum absolute atomic E-state index is 0.199. The Kier molecular flexibility index (Phi) is 5.44. The van der Waals surface area contributed by atoms with Crippen molar-refractivity contribution in [1.29, 1.82) is 0 Å². The van der Waals surface area contributed by atoms with E-state index in [2.05, 4.69) is 30.4 Å². The number of methoxy groups -OCH3 is 1. The fourth-order valence-electron chi connectivity index (χ4n) is 2.10. The molecule has 108 valence electrons. The number of nitrogens with one attached hydrogen (secondary N) is 1. The van der Waals surface area contributed by atoms with E-state index in [4.69, 9.17) is 9.47 Å². The average molecular weight is 291 g/mol. The zero-order valence-corrected chi connectivity index (χ0v) is 13.0. The maximum Gasteiger partial charge on any atom is 0.129 e. The molecule has 1 N–H and O–H groups in total. The molecule has 20 heavy (non-hydrogen) atoms. The van der Waals surface area contributed by atoms with Crippen LogP contribution in [0.25, 0.3) is 0 Å². The van der Waals surface area contributed by atoms with E-state index in [0.717, 1.165) is 18.0 Å². The number of hydrogen-bond acceptors (Lipinski definition) is 4. The molecule has 0 saturated carbocycles. The zero-order chi connectivity index (χ0) is 14.4. The highest BCUT2D eigenvalue weighted by atomic mass is 32.1. The van der Waals surface area contributed by atoms with Crippen molar-refractivity contribution in [3.8, 4) is 11.5 Å². The molecule has 1 heterocycles. The summed E-state index contributed by atoms with van der Waals surface area (Å²) in [7, 11) is 1.70. The van der Waals surface area contributed by atoms with E-state index in [-0.39, 0.29) is 6.04 Å². The maximum atomic E-state index is 5.49. The molecule has 0 aliphatic rings. The third-order valence-electron chi connectivity index (χ3n) is 3.05. The van der Waals surface area contributed by atoms with Gasteiger partial charge in [-0.25, -0.2) is 0 Å². The summed E-state index contributed by atoms with van der Waals surface area (Å²) in [5.41, 5.74) is 1.24. The molecule has 1 unspecified atom stereocenters. The molecule has 0 radical (unpaired) electrons. The third kappa shape index (κ3) is 3.52. The molecule has 0 saturated heterocycles. The van der Waals surface area contributed by atoms with Crippen molar-refractivity contribution in [2.75, 3.05) is 20.3 Å². The van der Waals surface area contributed by atoms with Gasteiger partial charge in [-0.3, -0.25) is 0 Å². The minimum atomic E-state index is 0.199. The summed E-state index contributed by atoms with van der Waals surface area (Å²) in [5, 5.41) is 5.55. The third-order valence-corrected chi connectivity index (χ3v) is 4.02. The highest BCUT2D eigenvalue weighted by Gasteiger charge is 2.15. The Balaban J connectivity index is 2.23. The topological polar surface area (TPSA) is 30.5 Å². The summed E-state index contributed by atoms with van der Waals surface area (Å²) in [6, 6.07) is 10.6. The van der Waals surface area contributed by atoms with Crippen molar-refractivity contribution >= 4 is 11.3 Å². The van der Waals surface area contributed by atoms with Gasteiger partial charge in [0.2, 0.25) is 0 Å². The van der Waals surface area contributed by atoms with Crippen LogP contribution >= 0.6 is 11.3 Å². The lowest BCUT2D eigenvalue weighted by molar-refractivity contribution is 0.340. The number of thiophene rings is 1. The Morgan fingerprint density at radius 1 is 1.15 bits per heavy atom. The number of rotatable bonds is 7. The van der Waals surface area contributed by atoms with Crippen LogP contribution in [0.2, 0.25) is 0 Å². The van der Waals surface area contributed by atoms with Crippen LogP contribution in [0.3, 0.4) is 0 Å². The van der Waals surface area contributed by atoms with Crippen LogP contribution in [0.1, 0.15) is 30.3 Å². The summed E-state index contributed by atoms with van der Waals surface area (Å²) in [4.78, 5) is 1.26. The molecule has 1 aromatic carbocycles. The zero-order valence-electron chi connectivity index (χ0n) is 12.2. The van der Waals surface area contributed by atoms with Gasteiger partial charge in [0.15, 0.2) is 0 Å². The fourth-order valence-corrected chi connectivity index (χ4v) is 3.06. The first-order chi connectivity index (χ1) is 9.78. The van der Waals surface area contributed by atoms with Gasteiger partial charge in [-0.2, -0.15) is 0 Å². The predicted molar refractivity (Wildman–Crippen MR) is 84.0 cm³/mol. The second-order valence-electron chi connectivity index (χ2n) is 4.38. The molecule has 0 aliphatic heterocycles. The van der Waals surface area contributed by atoms with Crippen molar-refractivity contribution in [2.45, 2.75) is 19.9 Å². The molecule has 0 aliphatic carbocycles. The van der Waals surface area contributed by atoms with E-state index in [1.807, 2.05) is 24.4 Å². The van der Waals surface area contributed by atoms with Crippen molar-refractivity contribution in [3.05, 3.63) is 46.2 Å². The van der Waals surface area contributed by atoms with Gasteiger partial charge in [0.05, 0.1) is 19.8 Å². The fraction of sp³-hybridized carbons (Fsp3) is 0.375. The first-order valence-corrected chi connectivity index (χ1v) is 7.75. The first kappa shape index (κ1) is 14.9. The number of ether oxygens (including phenoxy) is 2. The van der Waals surface area contributed by atoms with Gasteiger partial charge in [0.25, 0.3) is 0 Å². The Bertz CT molecular complexity index is 522. The molecule has 2 rings (SSSR count). The van der Waals surface area contributed by atoms with Gasteiger partial charge >= 0.3 is 0 Å². The molecule has 0 amide bonds. The van der Waals surface area contributed by atoms with E-state index in [0.29, 0.717) is 6.61 Å². The van der Waals surface area contributed by atoms with E-state index < -0.39 is 0 Å². The van der Waals surface area contributed by atoms with Crippen LogP contribution in [-0.4, -0.2) is 20.3 Å². The van der Waals surface area contributed by atoms with Gasteiger partial charge in [-0.05, 0) is 37.2 Å². The van der Waals surface area contributed by atoms with Gasteiger partial charge in [-0.1, -0.05) is 19.1 Å². The quantitative estimate of drug-likeness (QED) is 0.840. The highest BCUT2D eigenvalue weighted by Crippen LogP contribution is 2.31. The molecular weight excluding hydrogens is 270 g/mol. The van der Waals surface area contributed by atoms with Crippen molar-refractivity contribution in [3.63, 3.8) is 0 Å². The monoisotopic (exact) mass is 291 g/mol. The van der Waals surface area contributed by atoms with E-state index in [1.165, 1.54) is 10.4 Å². The van der Waals surface area contributed by atoms with Crippen LogP contribution in [0, 0.1) is 0 Å². The highest BCUT2D eigenvalue weighted by molar-refractivity contribution is 7.10. The number of hydrogen-bond donors (Lipinski definition) is 1. The molecular formula is C16H21NO2S. The van der Waals surface area contributed by atoms with E-state index in [9.17, 15) is 0 Å². The average Bonchev–Trinajstić information content (AvgIpc) is 2.95. The van der Waals surface area contributed by atoms with Crippen molar-refractivity contribution in [1.82, 2.24) is 5.32 Å². The molecule has 4 heteroatoms. The standard InChI is InChI=1S/C16H21NO2S/c1-4-17-16(15-10-14(18-3)11-20-15)12-6-8-13(9-7-12)19-5-2/h6-11,16-17H,4-5H2,1-3H3. The van der Waals surface area contributed by atoms with Crippen LogP contribution in [0.5, 0.6) is 11.5 Å². The van der Waals surface area contributed by atoms with Crippen LogP contribution in [0.15, 0.2) is 35.7 Å². The summed E-state index contributed by atoms with van der Waals surface area (Å²) in [5.74, 6) is 1.83. The smallest absolute Gasteiger partial charge is 0.129 e. The molecule has 2 aromatic rings. The summed E-state index contributed by atoms with van der Waals surface area (Å²) >= 11 is 1.71. The van der Waals surface area contributed by atoms with Crippen LogP contribution in [-0.2, 0) is 0 Å². The van der Waals surface area contributed by atoms with E-state index in [1.54, 1.807) is 18.4 Å². The van der Waals surface area contributed by atoms with Crippen molar-refractivity contribution in [2.24, 2.45) is 0 Å². The number of benzene rings is 1. The Morgan fingerprint density at radius 2 is 1.90 bits per heavy atom. The lowest BCUT2D eigenvalue weighted by Crippen LogP contribution is -2.21. The molecule has 0 fully saturated rings. The summed E-state index contributed by atoms with van der Waals surface area (Å²) < 4.78 is 10.8.